The van der Waals surface area contributed by atoms with Crippen LogP contribution in [0.5, 0.6) is 5.75 Å². The summed E-state index contributed by atoms with van der Waals surface area (Å²) in [6, 6.07) is 5.27. The second kappa shape index (κ2) is 8.91. The van der Waals surface area contributed by atoms with Gasteiger partial charge in [0.05, 0.1) is 21.7 Å². The summed E-state index contributed by atoms with van der Waals surface area (Å²) in [6.07, 6.45) is 0. The summed E-state index contributed by atoms with van der Waals surface area (Å²) in [5, 5.41) is 38.5. The molecule has 0 heterocycles. The Hall–Kier alpha value is -4.12. The molecule has 0 amide bonds. The fourth-order valence-corrected chi connectivity index (χ4v) is 4.32. The van der Waals surface area contributed by atoms with Gasteiger partial charge in [0, 0.05) is 18.1 Å². The van der Waals surface area contributed by atoms with E-state index < -0.39 is 64.5 Å². The van der Waals surface area contributed by atoms with Crippen molar-refractivity contribution in [1.82, 2.24) is 0 Å². The molecule has 0 unspecified atom stereocenters. The fourth-order valence-electron chi connectivity index (χ4n) is 3.12. The zero-order chi connectivity index (χ0) is 26.3. The number of rotatable bonds is 7. The SMILES string of the molecule is CNc1cc(S(=O)(=O)O)cc2cc(S(=O)(=O)O)c(N=Nc3cc(C(=O)O)cc(C(=O)O)c3)c(O)c12. The standard InChI is InChI=1S/C19H15N3O11S2/c1-20-13-7-12(34(28,29)30)5-8-6-14(35(31,32)33)16(17(23)15(8)13)22-21-11-3-9(18(24)25)2-10(4-11)19(26)27/h2-7,20,23H,1H3,(H,24,25)(H,26,27)(H,28,29,30)(H,31,32,33). The third-order valence-corrected chi connectivity index (χ3v) is 6.34. The highest BCUT2D eigenvalue weighted by Gasteiger charge is 2.25. The second-order valence-corrected chi connectivity index (χ2v) is 9.73. The molecule has 3 aromatic rings. The third-order valence-electron chi connectivity index (χ3n) is 4.65. The first-order valence-corrected chi connectivity index (χ1v) is 12.0. The number of carboxylic acid groups (broad SMARTS) is 2. The molecule has 6 N–H and O–H groups in total. The Morgan fingerprint density at radius 3 is 1.86 bits per heavy atom. The molecule has 14 nitrogen and oxygen atoms in total. The van der Waals surface area contributed by atoms with E-state index in [1.807, 2.05) is 0 Å². The highest BCUT2D eigenvalue weighted by Crippen LogP contribution is 2.45. The van der Waals surface area contributed by atoms with E-state index in [1.54, 1.807) is 0 Å². The zero-order valence-electron chi connectivity index (χ0n) is 17.4. The van der Waals surface area contributed by atoms with Crippen molar-refractivity contribution >= 4 is 60.0 Å². The van der Waals surface area contributed by atoms with E-state index in [4.69, 9.17) is 10.2 Å². The van der Waals surface area contributed by atoms with E-state index in [-0.39, 0.29) is 22.1 Å². The topological polar surface area (TPSA) is 240 Å². The molecule has 0 atom stereocenters. The molecular weight excluding hydrogens is 510 g/mol. The molecule has 0 aliphatic rings. The first kappa shape index (κ1) is 25.5. The van der Waals surface area contributed by atoms with Gasteiger partial charge in [0.1, 0.15) is 10.6 Å². The number of carbonyl (C=O) groups is 2. The highest BCUT2D eigenvalue weighted by molar-refractivity contribution is 7.86. The van der Waals surface area contributed by atoms with Gasteiger partial charge in [-0.2, -0.15) is 21.9 Å². The van der Waals surface area contributed by atoms with E-state index >= 15 is 0 Å². The predicted molar refractivity (Wildman–Crippen MR) is 119 cm³/mol. The summed E-state index contributed by atoms with van der Waals surface area (Å²) in [4.78, 5) is 20.9. The van der Waals surface area contributed by atoms with Gasteiger partial charge in [-0.15, -0.1) is 5.11 Å². The number of anilines is 1. The number of hydrogen-bond donors (Lipinski definition) is 6. The molecule has 0 fully saturated rings. The lowest BCUT2D eigenvalue weighted by molar-refractivity contribution is 0.0696. The van der Waals surface area contributed by atoms with Crippen LogP contribution in [-0.2, 0) is 20.2 Å². The van der Waals surface area contributed by atoms with Gasteiger partial charge in [-0.25, -0.2) is 9.59 Å². The molecule has 0 radical (unpaired) electrons. The monoisotopic (exact) mass is 525 g/mol. The normalized spacial score (nSPS) is 12.2. The summed E-state index contributed by atoms with van der Waals surface area (Å²) < 4.78 is 66.1. The zero-order valence-corrected chi connectivity index (χ0v) is 19.0. The molecule has 0 saturated heterocycles. The maximum atomic E-state index is 12.0. The number of phenolic OH excluding ortho intramolecular Hbond substituents is 1. The first-order chi connectivity index (χ1) is 16.1. The summed E-state index contributed by atoms with van der Waals surface area (Å²) in [6.45, 7) is 0. The van der Waals surface area contributed by atoms with Crippen molar-refractivity contribution < 1.29 is 50.8 Å². The van der Waals surface area contributed by atoms with E-state index in [2.05, 4.69) is 15.5 Å². The molecule has 0 aliphatic heterocycles. The van der Waals surface area contributed by atoms with Crippen LogP contribution >= 0.6 is 0 Å². The van der Waals surface area contributed by atoms with Crippen LogP contribution in [0.15, 0.2) is 56.4 Å². The third kappa shape index (κ3) is 5.19. The van der Waals surface area contributed by atoms with Crippen LogP contribution in [0.4, 0.5) is 17.1 Å². The van der Waals surface area contributed by atoms with Gasteiger partial charge in [0.25, 0.3) is 20.2 Å². The lowest BCUT2D eigenvalue weighted by Crippen LogP contribution is -2.03. The van der Waals surface area contributed by atoms with Crippen molar-refractivity contribution in [3.63, 3.8) is 0 Å². The Morgan fingerprint density at radius 1 is 0.829 bits per heavy atom. The van der Waals surface area contributed by atoms with E-state index in [1.165, 1.54) is 7.05 Å². The number of nitrogens with one attached hydrogen (secondary N) is 1. The van der Waals surface area contributed by atoms with Gasteiger partial charge in [0.2, 0.25) is 0 Å². The number of benzene rings is 3. The number of azo groups is 1. The predicted octanol–water partition coefficient (Wildman–Crippen LogP) is 2.89. The van der Waals surface area contributed by atoms with Gasteiger partial charge in [-0.1, -0.05) is 0 Å². The van der Waals surface area contributed by atoms with Crippen molar-refractivity contribution in [2.24, 2.45) is 10.2 Å². The summed E-state index contributed by atoms with van der Waals surface area (Å²) >= 11 is 0. The number of nitrogens with zero attached hydrogens (tertiary/aromatic N) is 2. The summed E-state index contributed by atoms with van der Waals surface area (Å²) in [7, 11) is -8.50. The van der Waals surface area contributed by atoms with Crippen LogP contribution in [0, 0.1) is 0 Å². The van der Waals surface area contributed by atoms with Gasteiger partial charge < -0.3 is 20.6 Å². The average molecular weight is 525 g/mol. The van der Waals surface area contributed by atoms with Crippen molar-refractivity contribution in [3.05, 3.63) is 47.5 Å². The largest absolute Gasteiger partial charge is 0.505 e. The lowest BCUT2D eigenvalue weighted by atomic mass is 10.1. The van der Waals surface area contributed by atoms with Gasteiger partial charge >= 0.3 is 11.9 Å². The van der Waals surface area contributed by atoms with Crippen molar-refractivity contribution in [1.29, 1.82) is 0 Å². The minimum atomic E-state index is -5.10. The molecule has 0 bridgehead atoms. The van der Waals surface area contributed by atoms with Gasteiger partial charge in [-0.3, -0.25) is 9.11 Å². The first-order valence-electron chi connectivity index (χ1n) is 9.13. The van der Waals surface area contributed by atoms with Crippen molar-refractivity contribution in [2.75, 3.05) is 12.4 Å². The Bertz CT molecular complexity index is 1610. The van der Waals surface area contributed by atoms with Crippen molar-refractivity contribution in [2.45, 2.75) is 9.79 Å². The molecule has 3 aromatic carbocycles. The maximum Gasteiger partial charge on any atom is 0.335 e. The highest BCUT2D eigenvalue weighted by atomic mass is 32.2. The van der Waals surface area contributed by atoms with Crippen LogP contribution in [0.3, 0.4) is 0 Å². The average Bonchev–Trinajstić information content (AvgIpc) is 2.75. The Kier molecular flexibility index (Phi) is 6.49. The molecule has 16 heteroatoms. The number of phenols is 1. The Morgan fingerprint density at radius 2 is 1.40 bits per heavy atom. The maximum absolute atomic E-state index is 12.0. The van der Waals surface area contributed by atoms with Crippen LogP contribution in [0.25, 0.3) is 10.8 Å². The summed E-state index contributed by atoms with van der Waals surface area (Å²) in [5.41, 5.74) is -2.15. The molecule has 3 rings (SSSR count). The molecular formula is C19H15N3O11S2. The molecule has 0 aromatic heterocycles. The quantitative estimate of drug-likeness (QED) is 0.193. The molecule has 35 heavy (non-hydrogen) atoms. The Balaban J connectivity index is 2.35. The van der Waals surface area contributed by atoms with Gasteiger partial charge in [-0.05, 0) is 41.8 Å². The molecule has 0 spiro atoms. The van der Waals surface area contributed by atoms with Crippen LogP contribution < -0.4 is 5.32 Å². The van der Waals surface area contributed by atoms with E-state index in [0.717, 1.165) is 36.4 Å². The number of aromatic hydroxyl groups is 1. The number of aromatic carboxylic acids is 2. The minimum absolute atomic E-state index is 0.0769. The van der Waals surface area contributed by atoms with E-state index in [9.17, 15) is 40.6 Å². The minimum Gasteiger partial charge on any atom is -0.505 e. The van der Waals surface area contributed by atoms with Crippen LogP contribution in [0.1, 0.15) is 20.7 Å². The summed E-state index contributed by atoms with van der Waals surface area (Å²) in [5.74, 6) is -3.84. The van der Waals surface area contributed by atoms with Crippen LogP contribution in [-0.4, -0.2) is 60.2 Å². The van der Waals surface area contributed by atoms with Gasteiger partial charge in [0.15, 0.2) is 5.75 Å². The molecule has 0 saturated carbocycles. The Labute approximate surface area is 196 Å². The van der Waals surface area contributed by atoms with Crippen molar-refractivity contribution in [3.8, 4) is 5.75 Å². The number of hydrogen-bond acceptors (Lipinski definition) is 10. The second-order valence-electron chi connectivity index (χ2n) is 6.92. The lowest BCUT2D eigenvalue weighted by Gasteiger charge is -2.13. The molecule has 184 valence electrons. The smallest absolute Gasteiger partial charge is 0.335 e. The fraction of sp³-hybridized carbons (Fsp3) is 0.0526. The number of fused-ring (bicyclic) bond motifs is 1. The van der Waals surface area contributed by atoms with Crippen LogP contribution in [0.2, 0.25) is 0 Å². The molecule has 0 aliphatic carbocycles. The number of carboxylic acids is 2. The van der Waals surface area contributed by atoms with E-state index in [0.29, 0.717) is 0 Å².